The minimum absolute atomic E-state index is 0.134. The minimum atomic E-state index is -0.348. The lowest BCUT2D eigenvalue weighted by molar-refractivity contribution is 0.435. The predicted molar refractivity (Wildman–Crippen MR) is 68.7 cm³/mol. The fourth-order valence-electron chi connectivity index (χ4n) is 1.96. The highest BCUT2D eigenvalue weighted by Crippen LogP contribution is 2.36. The Bertz CT molecular complexity index is 731. The van der Waals surface area contributed by atoms with Crippen molar-refractivity contribution in [1.82, 2.24) is 5.16 Å². The van der Waals surface area contributed by atoms with Gasteiger partial charge >= 0.3 is 0 Å². The highest BCUT2D eigenvalue weighted by molar-refractivity contribution is 5.85. The van der Waals surface area contributed by atoms with Gasteiger partial charge in [-0.15, -0.1) is 0 Å². The number of rotatable bonds is 2. The second-order valence-corrected chi connectivity index (χ2v) is 4.19. The lowest BCUT2D eigenvalue weighted by atomic mass is 10.0. The van der Waals surface area contributed by atoms with E-state index in [4.69, 9.17) is 14.7 Å². The zero-order valence-electron chi connectivity index (χ0n) is 10.2. The van der Waals surface area contributed by atoms with Gasteiger partial charge in [0.15, 0.2) is 11.5 Å². The second kappa shape index (κ2) is 4.28. The second-order valence-electron chi connectivity index (χ2n) is 4.19. The van der Waals surface area contributed by atoms with E-state index in [2.05, 4.69) is 5.16 Å². The zero-order chi connectivity index (χ0) is 13.4. The molecule has 19 heavy (non-hydrogen) atoms. The van der Waals surface area contributed by atoms with Gasteiger partial charge in [-0.05, 0) is 36.8 Å². The summed E-state index contributed by atoms with van der Waals surface area (Å²) >= 11 is 0. The van der Waals surface area contributed by atoms with Gasteiger partial charge in [-0.3, -0.25) is 0 Å². The molecule has 0 saturated carbocycles. The van der Waals surface area contributed by atoms with Gasteiger partial charge in [-0.25, -0.2) is 4.39 Å². The molecule has 0 saturated heterocycles. The van der Waals surface area contributed by atoms with Crippen LogP contribution < -0.4 is 5.73 Å². The van der Waals surface area contributed by atoms with Gasteiger partial charge in [-0.1, -0.05) is 17.3 Å². The normalized spacial score (nSPS) is 10.8. The van der Waals surface area contributed by atoms with Crippen LogP contribution in [0.25, 0.3) is 22.6 Å². The largest absolute Gasteiger partial charge is 0.460 e. The molecule has 0 unspecified atom stereocenters. The molecule has 4 nitrogen and oxygen atoms in total. The van der Waals surface area contributed by atoms with Gasteiger partial charge in [0.2, 0.25) is 5.88 Å². The van der Waals surface area contributed by atoms with Gasteiger partial charge in [0, 0.05) is 0 Å². The first-order chi connectivity index (χ1) is 9.15. The number of nitrogens with two attached hydrogens (primary N) is 1. The maximum absolute atomic E-state index is 13.3. The summed E-state index contributed by atoms with van der Waals surface area (Å²) in [5, 5.41) is 3.89. The summed E-state index contributed by atoms with van der Waals surface area (Å²) in [6.07, 6.45) is 0. The van der Waals surface area contributed by atoms with Crippen molar-refractivity contribution in [2.24, 2.45) is 0 Å². The Hall–Kier alpha value is -2.56. The van der Waals surface area contributed by atoms with Crippen molar-refractivity contribution in [1.29, 1.82) is 0 Å². The molecule has 0 aliphatic rings. The average Bonchev–Trinajstić information content (AvgIpc) is 2.95. The topological polar surface area (TPSA) is 65.2 Å². The summed E-state index contributed by atoms with van der Waals surface area (Å²) in [7, 11) is 0. The SMILES string of the molecule is Cc1ccc(-c2noc(N)c2-c2cccc(F)c2)o1. The molecule has 0 radical (unpaired) electrons. The highest BCUT2D eigenvalue weighted by atomic mass is 19.1. The van der Waals surface area contributed by atoms with Crippen LogP contribution >= 0.6 is 0 Å². The average molecular weight is 258 g/mol. The van der Waals surface area contributed by atoms with Crippen LogP contribution in [0.1, 0.15) is 5.76 Å². The summed E-state index contributed by atoms with van der Waals surface area (Å²) in [4.78, 5) is 0. The number of nitrogen functional groups attached to an aromatic ring is 1. The molecule has 3 aromatic rings. The van der Waals surface area contributed by atoms with Crippen LogP contribution in [0, 0.1) is 12.7 Å². The molecule has 1 aromatic carbocycles. The number of aryl methyl sites for hydroxylation is 1. The van der Waals surface area contributed by atoms with Crippen LogP contribution in [-0.2, 0) is 0 Å². The fourth-order valence-corrected chi connectivity index (χ4v) is 1.96. The molecule has 0 fully saturated rings. The molecular formula is C14H11FN2O2. The third-order valence-corrected chi connectivity index (χ3v) is 2.81. The lowest BCUT2D eigenvalue weighted by Crippen LogP contribution is -1.87. The van der Waals surface area contributed by atoms with Crippen molar-refractivity contribution in [3.8, 4) is 22.6 Å². The Labute approximate surface area is 108 Å². The summed E-state index contributed by atoms with van der Waals surface area (Å²) in [5.41, 5.74) is 7.38. The van der Waals surface area contributed by atoms with Gasteiger partial charge in [-0.2, -0.15) is 0 Å². The van der Waals surface area contributed by atoms with Crippen molar-refractivity contribution in [2.45, 2.75) is 6.92 Å². The smallest absolute Gasteiger partial charge is 0.230 e. The molecule has 96 valence electrons. The standard InChI is InChI=1S/C14H11FN2O2/c1-8-5-6-11(18-8)13-12(14(16)19-17-13)9-3-2-4-10(15)7-9/h2-7H,16H2,1H3. The van der Waals surface area contributed by atoms with E-state index in [0.717, 1.165) is 5.76 Å². The van der Waals surface area contributed by atoms with Gasteiger partial charge in [0.05, 0.1) is 5.56 Å². The Morgan fingerprint density at radius 3 is 2.74 bits per heavy atom. The molecule has 5 heteroatoms. The first-order valence-electron chi connectivity index (χ1n) is 5.73. The van der Waals surface area contributed by atoms with E-state index in [9.17, 15) is 4.39 Å². The zero-order valence-corrected chi connectivity index (χ0v) is 10.2. The van der Waals surface area contributed by atoms with Gasteiger partial charge in [0.1, 0.15) is 11.6 Å². The van der Waals surface area contributed by atoms with Crippen LogP contribution in [0.15, 0.2) is 45.3 Å². The van der Waals surface area contributed by atoms with E-state index in [1.807, 2.05) is 13.0 Å². The van der Waals surface area contributed by atoms with Crippen LogP contribution in [0.5, 0.6) is 0 Å². The van der Waals surface area contributed by atoms with Gasteiger partial charge < -0.3 is 14.7 Å². The summed E-state index contributed by atoms with van der Waals surface area (Å²) in [5.74, 6) is 1.08. The number of hydrogen-bond donors (Lipinski definition) is 1. The van der Waals surface area contributed by atoms with Crippen LogP contribution in [0.4, 0.5) is 10.3 Å². The molecule has 0 bridgehead atoms. The summed E-state index contributed by atoms with van der Waals surface area (Å²) in [6.45, 7) is 1.83. The molecule has 0 aliphatic heterocycles. The third kappa shape index (κ3) is 1.99. The maximum Gasteiger partial charge on any atom is 0.230 e. The molecule has 2 aromatic heterocycles. The number of anilines is 1. The monoisotopic (exact) mass is 258 g/mol. The van der Waals surface area contributed by atoms with Crippen LogP contribution in [0.2, 0.25) is 0 Å². The Kier molecular flexibility index (Phi) is 2.59. The Morgan fingerprint density at radius 2 is 2.05 bits per heavy atom. The van der Waals surface area contributed by atoms with E-state index in [1.165, 1.54) is 12.1 Å². The van der Waals surface area contributed by atoms with E-state index < -0.39 is 0 Å². The number of aromatic nitrogens is 1. The molecule has 0 amide bonds. The lowest BCUT2D eigenvalue weighted by Gasteiger charge is -2.00. The van der Waals surface area contributed by atoms with Gasteiger partial charge in [0.25, 0.3) is 0 Å². The van der Waals surface area contributed by atoms with Crippen molar-refractivity contribution in [3.05, 3.63) is 48.0 Å². The van der Waals surface area contributed by atoms with Crippen molar-refractivity contribution in [3.63, 3.8) is 0 Å². The van der Waals surface area contributed by atoms with E-state index in [1.54, 1.807) is 18.2 Å². The van der Waals surface area contributed by atoms with Crippen molar-refractivity contribution < 1.29 is 13.3 Å². The molecule has 2 heterocycles. The molecule has 0 spiro atoms. The summed E-state index contributed by atoms with van der Waals surface area (Å²) < 4.78 is 23.8. The van der Waals surface area contributed by atoms with Crippen molar-refractivity contribution in [2.75, 3.05) is 5.73 Å². The molecule has 2 N–H and O–H groups in total. The van der Waals surface area contributed by atoms with Crippen LogP contribution in [-0.4, -0.2) is 5.16 Å². The molecule has 0 atom stereocenters. The number of nitrogens with zero attached hydrogens (tertiary/aromatic N) is 1. The highest BCUT2D eigenvalue weighted by Gasteiger charge is 2.20. The van der Waals surface area contributed by atoms with Crippen LogP contribution in [0.3, 0.4) is 0 Å². The van der Waals surface area contributed by atoms with E-state index in [-0.39, 0.29) is 11.7 Å². The van der Waals surface area contributed by atoms with Crippen molar-refractivity contribution >= 4 is 5.88 Å². The fraction of sp³-hybridized carbons (Fsp3) is 0.0714. The number of halogens is 1. The van der Waals surface area contributed by atoms with E-state index >= 15 is 0 Å². The van der Waals surface area contributed by atoms with E-state index in [0.29, 0.717) is 22.6 Å². The Morgan fingerprint density at radius 1 is 1.21 bits per heavy atom. The quantitative estimate of drug-likeness (QED) is 0.762. The third-order valence-electron chi connectivity index (χ3n) is 2.81. The maximum atomic E-state index is 13.3. The molecule has 0 aliphatic carbocycles. The number of hydrogen-bond acceptors (Lipinski definition) is 4. The predicted octanol–water partition coefficient (Wildman–Crippen LogP) is 3.63. The first kappa shape index (κ1) is 11.5. The molecular weight excluding hydrogens is 247 g/mol. The molecule has 3 rings (SSSR count). The number of benzene rings is 1. The number of furan rings is 1. The Balaban J connectivity index is 2.19. The summed E-state index contributed by atoms with van der Waals surface area (Å²) in [6, 6.07) is 9.68. The minimum Gasteiger partial charge on any atom is -0.460 e. The first-order valence-corrected chi connectivity index (χ1v) is 5.73.